The quantitative estimate of drug-likeness (QED) is 0.913. The van der Waals surface area contributed by atoms with Crippen LogP contribution in [-0.4, -0.2) is 18.0 Å². The molecule has 0 unspecified atom stereocenters. The van der Waals surface area contributed by atoms with E-state index in [4.69, 9.17) is 0 Å². The lowest BCUT2D eigenvalue weighted by Gasteiger charge is -2.41. The predicted molar refractivity (Wildman–Crippen MR) is 86.6 cm³/mol. The van der Waals surface area contributed by atoms with Gasteiger partial charge in [0.25, 0.3) is 0 Å². The van der Waals surface area contributed by atoms with Crippen LogP contribution in [0.5, 0.6) is 0 Å². The zero-order valence-corrected chi connectivity index (χ0v) is 12.5. The molecule has 108 valence electrons. The summed E-state index contributed by atoms with van der Waals surface area (Å²) in [6.07, 6.45) is 0.436. The van der Waals surface area contributed by atoms with Crippen LogP contribution in [0.2, 0.25) is 0 Å². The van der Waals surface area contributed by atoms with E-state index in [-0.39, 0.29) is 11.4 Å². The second-order valence-electron chi connectivity index (χ2n) is 6.17. The summed E-state index contributed by atoms with van der Waals surface area (Å²) in [7, 11) is 0. The van der Waals surface area contributed by atoms with Gasteiger partial charge in [-0.15, -0.1) is 0 Å². The molecular weight excluding hydrogens is 260 g/mol. The van der Waals surface area contributed by atoms with Crippen LogP contribution in [0.25, 0.3) is 0 Å². The topological polar surface area (TPSA) is 32.3 Å². The minimum Gasteiger partial charge on any atom is -0.377 e. The van der Waals surface area contributed by atoms with E-state index in [0.29, 0.717) is 13.0 Å². The first kappa shape index (κ1) is 13.7. The Bertz CT molecular complexity index is 649. The van der Waals surface area contributed by atoms with E-state index in [0.717, 1.165) is 16.9 Å². The lowest BCUT2D eigenvalue weighted by Crippen LogP contribution is -2.51. The number of carbonyl (C=O) groups excluding carboxylic acids is 1. The van der Waals surface area contributed by atoms with Gasteiger partial charge in [0.1, 0.15) is 0 Å². The number of nitrogens with one attached hydrogen (secondary N) is 1. The standard InChI is InChI=1S/C18H20N2O/c1-18(2)13-20(16-11-7-6-10-15(16)19-18)17(21)12-14-8-4-3-5-9-14/h3-11,19H,12-13H2,1-2H3. The van der Waals surface area contributed by atoms with Crippen molar-refractivity contribution in [2.24, 2.45) is 0 Å². The fraction of sp³-hybridized carbons (Fsp3) is 0.278. The molecule has 0 aromatic heterocycles. The first-order valence-corrected chi connectivity index (χ1v) is 7.27. The number of hydrogen-bond donors (Lipinski definition) is 1. The van der Waals surface area contributed by atoms with E-state index in [1.807, 2.05) is 59.5 Å². The summed E-state index contributed by atoms with van der Waals surface area (Å²) in [5, 5.41) is 3.49. The molecule has 3 heteroatoms. The van der Waals surface area contributed by atoms with Crippen LogP contribution < -0.4 is 10.2 Å². The highest BCUT2D eigenvalue weighted by Gasteiger charge is 2.32. The Morgan fingerprint density at radius 1 is 1.10 bits per heavy atom. The predicted octanol–water partition coefficient (Wildman–Crippen LogP) is 3.47. The molecular formula is C18H20N2O. The first-order valence-electron chi connectivity index (χ1n) is 7.27. The molecule has 2 aromatic rings. The van der Waals surface area contributed by atoms with E-state index >= 15 is 0 Å². The largest absolute Gasteiger partial charge is 0.377 e. The summed E-state index contributed by atoms with van der Waals surface area (Å²) in [6.45, 7) is 4.91. The summed E-state index contributed by atoms with van der Waals surface area (Å²) in [6, 6.07) is 17.9. The van der Waals surface area contributed by atoms with Gasteiger partial charge in [0.2, 0.25) is 5.91 Å². The molecule has 1 N–H and O–H groups in total. The lowest BCUT2D eigenvalue weighted by molar-refractivity contribution is -0.118. The number of amides is 1. The molecule has 0 saturated carbocycles. The molecule has 3 nitrogen and oxygen atoms in total. The number of hydrogen-bond acceptors (Lipinski definition) is 2. The van der Waals surface area contributed by atoms with Crippen molar-refractivity contribution in [1.82, 2.24) is 0 Å². The summed E-state index contributed by atoms with van der Waals surface area (Å²) >= 11 is 0. The van der Waals surface area contributed by atoms with E-state index in [9.17, 15) is 4.79 Å². The SMILES string of the molecule is CC1(C)CN(C(=O)Cc2ccccc2)c2ccccc2N1. The van der Waals surface area contributed by atoms with Crippen LogP contribution >= 0.6 is 0 Å². The van der Waals surface area contributed by atoms with E-state index < -0.39 is 0 Å². The van der Waals surface area contributed by atoms with Gasteiger partial charge in [0.05, 0.1) is 17.8 Å². The van der Waals surface area contributed by atoms with Gasteiger partial charge in [-0.3, -0.25) is 4.79 Å². The second-order valence-corrected chi connectivity index (χ2v) is 6.17. The maximum absolute atomic E-state index is 12.7. The highest BCUT2D eigenvalue weighted by atomic mass is 16.2. The Morgan fingerprint density at radius 3 is 2.52 bits per heavy atom. The monoisotopic (exact) mass is 280 g/mol. The molecule has 0 saturated heterocycles. The third kappa shape index (κ3) is 2.92. The van der Waals surface area contributed by atoms with Gasteiger partial charge in [-0.1, -0.05) is 42.5 Å². The highest BCUT2D eigenvalue weighted by molar-refractivity contribution is 5.99. The Hall–Kier alpha value is -2.29. The molecule has 1 aliphatic rings. The zero-order valence-electron chi connectivity index (χ0n) is 12.5. The summed E-state index contributed by atoms with van der Waals surface area (Å²) < 4.78 is 0. The van der Waals surface area contributed by atoms with Gasteiger partial charge in [0, 0.05) is 12.1 Å². The molecule has 1 aliphatic heterocycles. The Balaban J connectivity index is 1.89. The summed E-state index contributed by atoms with van der Waals surface area (Å²) in [5.74, 6) is 0.142. The number of fused-ring (bicyclic) bond motifs is 1. The van der Waals surface area contributed by atoms with Gasteiger partial charge in [-0.05, 0) is 31.5 Å². The van der Waals surface area contributed by atoms with Crippen molar-refractivity contribution in [2.45, 2.75) is 25.8 Å². The van der Waals surface area contributed by atoms with Gasteiger partial charge in [-0.25, -0.2) is 0 Å². The number of benzene rings is 2. The molecule has 2 aromatic carbocycles. The van der Waals surface area contributed by atoms with Gasteiger partial charge in [0.15, 0.2) is 0 Å². The van der Waals surface area contributed by atoms with Crippen molar-refractivity contribution in [2.75, 3.05) is 16.8 Å². The van der Waals surface area contributed by atoms with Gasteiger partial charge in [-0.2, -0.15) is 0 Å². The smallest absolute Gasteiger partial charge is 0.231 e. The molecule has 0 fully saturated rings. The van der Waals surface area contributed by atoms with E-state index in [2.05, 4.69) is 19.2 Å². The van der Waals surface area contributed by atoms with Crippen molar-refractivity contribution in [3.8, 4) is 0 Å². The number of rotatable bonds is 2. The minimum atomic E-state index is -0.124. The summed E-state index contributed by atoms with van der Waals surface area (Å²) in [4.78, 5) is 14.6. The number of anilines is 2. The van der Waals surface area contributed by atoms with E-state index in [1.54, 1.807) is 0 Å². The van der Waals surface area contributed by atoms with Crippen LogP contribution in [0.4, 0.5) is 11.4 Å². The van der Waals surface area contributed by atoms with Crippen LogP contribution in [0.1, 0.15) is 19.4 Å². The zero-order chi connectivity index (χ0) is 14.9. The van der Waals surface area contributed by atoms with Crippen molar-refractivity contribution in [3.63, 3.8) is 0 Å². The average Bonchev–Trinajstić information content (AvgIpc) is 2.46. The van der Waals surface area contributed by atoms with Crippen LogP contribution in [0, 0.1) is 0 Å². The normalized spacial score (nSPS) is 16.0. The Labute approximate surface area is 125 Å². The first-order chi connectivity index (χ1) is 10.1. The highest BCUT2D eigenvalue weighted by Crippen LogP contribution is 2.34. The van der Waals surface area contributed by atoms with Gasteiger partial charge < -0.3 is 10.2 Å². The molecule has 0 aliphatic carbocycles. The number of para-hydroxylation sites is 2. The minimum absolute atomic E-state index is 0.124. The number of nitrogens with zero attached hydrogens (tertiary/aromatic N) is 1. The Kier molecular flexibility index (Phi) is 3.42. The van der Waals surface area contributed by atoms with Crippen molar-refractivity contribution >= 4 is 17.3 Å². The molecule has 0 spiro atoms. The molecule has 21 heavy (non-hydrogen) atoms. The molecule has 0 radical (unpaired) electrons. The van der Waals surface area contributed by atoms with Crippen molar-refractivity contribution in [1.29, 1.82) is 0 Å². The van der Waals surface area contributed by atoms with E-state index in [1.165, 1.54) is 0 Å². The third-order valence-electron chi connectivity index (χ3n) is 3.72. The number of carbonyl (C=O) groups is 1. The lowest BCUT2D eigenvalue weighted by atomic mass is 9.98. The molecule has 1 heterocycles. The van der Waals surface area contributed by atoms with Crippen LogP contribution in [-0.2, 0) is 11.2 Å². The third-order valence-corrected chi connectivity index (χ3v) is 3.72. The molecule has 0 bridgehead atoms. The molecule has 1 amide bonds. The van der Waals surface area contributed by atoms with Crippen molar-refractivity contribution < 1.29 is 4.79 Å². The van der Waals surface area contributed by atoms with Crippen molar-refractivity contribution in [3.05, 3.63) is 60.2 Å². The maximum Gasteiger partial charge on any atom is 0.231 e. The maximum atomic E-state index is 12.7. The molecule has 0 atom stereocenters. The summed E-state index contributed by atoms with van der Waals surface area (Å²) in [5.41, 5.74) is 2.92. The van der Waals surface area contributed by atoms with Crippen LogP contribution in [0.3, 0.4) is 0 Å². The Morgan fingerprint density at radius 2 is 1.76 bits per heavy atom. The van der Waals surface area contributed by atoms with Crippen LogP contribution in [0.15, 0.2) is 54.6 Å². The second kappa shape index (κ2) is 5.24. The average molecular weight is 280 g/mol. The fourth-order valence-electron chi connectivity index (χ4n) is 2.79. The molecule has 3 rings (SSSR count). The van der Waals surface area contributed by atoms with Gasteiger partial charge >= 0.3 is 0 Å². The fourth-order valence-corrected chi connectivity index (χ4v) is 2.79.